The molecule has 0 aliphatic carbocycles. The minimum absolute atomic E-state index is 0.00294. The van der Waals surface area contributed by atoms with E-state index >= 15 is 0 Å². The van der Waals surface area contributed by atoms with E-state index in [4.69, 9.17) is 0 Å². The van der Waals surface area contributed by atoms with Crippen molar-refractivity contribution in [2.24, 2.45) is 11.3 Å². The van der Waals surface area contributed by atoms with Crippen molar-refractivity contribution in [1.29, 1.82) is 0 Å². The highest BCUT2D eigenvalue weighted by molar-refractivity contribution is 5.95. The number of nitrogens with one attached hydrogen (secondary N) is 2. The maximum atomic E-state index is 13.4. The van der Waals surface area contributed by atoms with Gasteiger partial charge in [0.25, 0.3) is 0 Å². The van der Waals surface area contributed by atoms with Gasteiger partial charge in [0, 0.05) is 37.0 Å². The van der Waals surface area contributed by atoms with Gasteiger partial charge in [-0.05, 0) is 31.0 Å². The molecule has 0 atom stereocenters. The van der Waals surface area contributed by atoms with Crippen molar-refractivity contribution in [1.82, 2.24) is 4.90 Å². The van der Waals surface area contributed by atoms with Gasteiger partial charge in [0.05, 0.1) is 11.3 Å². The summed E-state index contributed by atoms with van der Waals surface area (Å²) < 4.78 is 40.2. The zero-order valence-corrected chi connectivity index (χ0v) is 16.9. The summed E-state index contributed by atoms with van der Waals surface area (Å²) in [7, 11) is 0. The van der Waals surface area contributed by atoms with Crippen LogP contribution in [-0.2, 0) is 20.6 Å². The summed E-state index contributed by atoms with van der Waals surface area (Å²) in [6, 6.07) is 3.22. The molecule has 1 aliphatic rings. The first-order chi connectivity index (χ1) is 13.3. The van der Waals surface area contributed by atoms with E-state index in [-0.39, 0.29) is 17.3 Å². The summed E-state index contributed by atoms with van der Waals surface area (Å²) in [5.41, 5.74) is -1.91. The molecule has 160 valence electrons. The summed E-state index contributed by atoms with van der Waals surface area (Å²) in [6.07, 6.45) is -3.92. The van der Waals surface area contributed by atoms with Crippen LogP contribution in [0.4, 0.5) is 24.5 Å². The lowest BCUT2D eigenvalue weighted by molar-refractivity contribution is -0.142. The third-order valence-corrected chi connectivity index (χ3v) is 4.70. The zero-order chi connectivity index (χ0) is 22.0. The maximum absolute atomic E-state index is 13.4. The maximum Gasteiger partial charge on any atom is 0.418 e. The smallest absolute Gasteiger partial charge is 0.342 e. The molecule has 1 heterocycles. The molecule has 1 aromatic carbocycles. The summed E-state index contributed by atoms with van der Waals surface area (Å²) >= 11 is 0. The lowest BCUT2D eigenvalue weighted by Gasteiger charge is -2.35. The van der Waals surface area contributed by atoms with E-state index in [2.05, 4.69) is 10.6 Å². The number of benzene rings is 1. The van der Waals surface area contributed by atoms with Crippen LogP contribution in [0, 0.1) is 11.3 Å². The van der Waals surface area contributed by atoms with Crippen molar-refractivity contribution in [3.8, 4) is 0 Å². The van der Waals surface area contributed by atoms with Gasteiger partial charge in [-0.1, -0.05) is 20.8 Å². The van der Waals surface area contributed by atoms with E-state index < -0.39 is 34.9 Å². The molecule has 1 fully saturated rings. The molecule has 0 radical (unpaired) electrons. The molecule has 29 heavy (non-hydrogen) atoms. The fourth-order valence-electron chi connectivity index (χ4n) is 3.22. The number of piperidine rings is 1. The highest BCUT2D eigenvalue weighted by Crippen LogP contribution is 2.37. The Labute approximate surface area is 167 Å². The number of anilines is 2. The minimum Gasteiger partial charge on any atom is -0.342 e. The first-order valence-electron chi connectivity index (χ1n) is 9.38. The predicted molar refractivity (Wildman–Crippen MR) is 103 cm³/mol. The second-order valence-corrected chi connectivity index (χ2v) is 8.25. The summed E-state index contributed by atoms with van der Waals surface area (Å²) in [4.78, 5) is 37.6. The molecule has 0 saturated carbocycles. The molecule has 0 unspecified atom stereocenters. The lowest BCUT2D eigenvalue weighted by Crippen LogP contribution is -2.45. The number of nitrogens with zero attached hydrogens (tertiary/aromatic N) is 1. The molecule has 0 bridgehead atoms. The van der Waals surface area contributed by atoms with Crippen molar-refractivity contribution in [3.63, 3.8) is 0 Å². The monoisotopic (exact) mass is 413 g/mol. The van der Waals surface area contributed by atoms with Gasteiger partial charge >= 0.3 is 6.18 Å². The van der Waals surface area contributed by atoms with Gasteiger partial charge < -0.3 is 15.5 Å². The van der Waals surface area contributed by atoms with Crippen molar-refractivity contribution in [3.05, 3.63) is 23.8 Å². The second-order valence-electron chi connectivity index (χ2n) is 8.25. The van der Waals surface area contributed by atoms with Crippen LogP contribution in [0.1, 0.15) is 46.1 Å². The largest absolute Gasteiger partial charge is 0.418 e. The highest BCUT2D eigenvalue weighted by Gasteiger charge is 2.36. The van der Waals surface area contributed by atoms with Crippen LogP contribution in [0.25, 0.3) is 0 Å². The van der Waals surface area contributed by atoms with Crippen LogP contribution in [0.2, 0.25) is 0 Å². The van der Waals surface area contributed by atoms with Crippen LogP contribution >= 0.6 is 0 Å². The zero-order valence-electron chi connectivity index (χ0n) is 16.9. The highest BCUT2D eigenvalue weighted by atomic mass is 19.4. The quantitative estimate of drug-likeness (QED) is 0.789. The minimum atomic E-state index is -4.69. The van der Waals surface area contributed by atoms with Crippen LogP contribution in [0.15, 0.2) is 18.2 Å². The van der Waals surface area contributed by atoms with Crippen LogP contribution in [0.3, 0.4) is 0 Å². The van der Waals surface area contributed by atoms with Crippen molar-refractivity contribution < 1.29 is 27.6 Å². The van der Waals surface area contributed by atoms with Gasteiger partial charge in [-0.15, -0.1) is 0 Å². The molecule has 1 aromatic rings. The molecule has 6 nitrogen and oxygen atoms in total. The summed E-state index contributed by atoms with van der Waals surface area (Å²) in [5, 5.41) is 4.67. The van der Waals surface area contributed by atoms with Gasteiger partial charge in [-0.2, -0.15) is 13.2 Å². The Morgan fingerprint density at radius 3 is 2.10 bits per heavy atom. The van der Waals surface area contributed by atoms with E-state index in [1.807, 2.05) is 20.8 Å². The fraction of sp³-hybridized carbons (Fsp3) is 0.550. The van der Waals surface area contributed by atoms with E-state index in [1.165, 1.54) is 13.0 Å². The van der Waals surface area contributed by atoms with Crippen molar-refractivity contribution in [2.45, 2.75) is 46.7 Å². The number of hydrogen-bond acceptors (Lipinski definition) is 3. The van der Waals surface area contributed by atoms with Crippen molar-refractivity contribution in [2.75, 3.05) is 23.7 Å². The average Bonchev–Trinajstić information content (AvgIpc) is 2.60. The van der Waals surface area contributed by atoms with Crippen LogP contribution < -0.4 is 10.6 Å². The standard InChI is InChI=1S/C20H26F3N3O3/c1-12(27)24-14-5-6-16(15(11-14)20(21,22)23)25-17(28)13-7-9-26(10-8-13)18(29)19(2,3)4/h5-6,11,13H,7-10H2,1-4H3,(H,24,27)(H,25,28). The molecular formula is C20H26F3N3O3. The second kappa shape index (κ2) is 8.42. The third kappa shape index (κ3) is 5.95. The average molecular weight is 413 g/mol. The number of halogens is 3. The molecule has 0 spiro atoms. The molecule has 0 aromatic heterocycles. The number of alkyl halides is 3. The van der Waals surface area contributed by atoms with Gasteiger partial charge in [0.2, 0.25) is 17.7 Å². The Hall–Kier alpha value is -2.58. The molecule has 1 saturated heterocycles. The van der Waals surface area contributed by atoms with E-state index in [0.29, 0.717) is 25.9 Å². The Morgan fingerprint density at radius 2 is 1.62 bits per heavy atom. The van der Waals surface area contributed by atoms with E-state index in [1.54, 1.807) is 4.90 Å². The summed E-state index contributed by atoms with van der Waals surface area (Å²) in [6.45, 7) is 7.43. The number of hydrogen-bond donors (Lipinski definition) is 2. The molecule has 2 N–H and O–H groups in total. The Balaban J connectivity index is 2.09. The van der Waals surface area contributed by atoms with E-state index in [9.17, 15) is 27.6 Å². The Morgan fingerprint density at radius 1 is 1.03 bits per heavy atom. The van der Waals surface area contributed by atoms with Crippen LogP contribution in [-0.4, -0.2) is 35.7 Å². The van der Waals surface area contributed by atoms with Crippen LogP contribution in [0.5, 0.6) is 0 Å². The van der Waals surface area contributed by atoms with Crippen molar-refractivity contribution >= 4 is 29.1 Å². The number of rotatable bonds is 3. The topological polar surface area (TPSA) is 78.5 Å². The van der Waals surface area contributed by atoms with Gasteiger partial charge in [-0.3, -0.25) is 14.4 Å². The predicted octanol–water partition coefficient (Wildman–Crippen LogP) is 3.89. The number of amides is 3. The fourth-order valence-corrected chi connectivity index (χ4v) is 3.22. The molecular weight excluding hydrogens is 387 g/mol. The first kappa shape index (κ1) is 22.7. The first-order valence-corrected chi connectivity index (χ1v) is 9.38. The third-order valence-electron chi connectivity index (χ3n) is 4.70. The lowest BCUT2D eigenvalue weighted by atomic mass is 9.90. The van der Waals surface area contributed by atoms with Gasteiger partial charge in [0.15, 0.2) is 0 Å². The molecule has 3 amide bonds. The number of carbonyl (C=O) groups is 3. The Bertz CT molecular complexity index is 792. The molecule has 9 heteroatoms. The van der Waals surface area contributed by atoms with E-state index in [0.717, 1.165) is 12.1 Å². The Kier molecular flexibility index (Phi) is 6.60. The number of carbonyl (C=O) groups excluding carboxylic acids is 3. The number of likely N-dealkylation sites (tertiary alicyclic amines) is 1. The normalized spacial score (nSPS) is 15.8. The van der Waals surface area contributed by atoms with Gasteiger partial charge in [-0.25, -0.2) is 0 Å². The summed E-state index contributed by atoms with van der Waals surface area (Å²) in [5.74, 6) is -1.49. The molecule has 1 aliphatic heterocycles. The SMILES string of the molecule is CC(=O)Nc1ccc(NC(=O)C2CCN(C(=O)C(C)(C)C)CC2)c(C(F)(F)F)c1. The molecule has 2 rings (SSSR count). The van der Waals surface area contributed by atoms with Gasteiger partial charge in [0.1, 0.15) is 0 Å².